The lowest BCUT2D eigenvalue weighted by Crippen LogP contribution is -2.30. The van der Waals surface area contributed by atoms with E-state index < -0.39 is 17.5 Å². The molecule has 0 saturated heterocycles. The van der Waals surface area contributed by atoms with Crippen molar-refractivity contribution in [1.29, 1.82) is 0 Å². The number of fused-ring (bicyclic) bond motifs is 1. The Morgan fingerprint density at radius 2 is 1.81 bits per heavy atom. The zero-order valence-corrected chi connectivity index (χ0v) is 10.8. The van der Waals surface area contributed by atoms with Crippen LogP contribution in [0.1, 0.15) is 10.4 Å². The van der Waals surface area contributed by atoms with Crippen LogP contribution >= 0.6 is 0 Å². The van der Waals surface area contributed by atoms with E-state index in [9.17, 15) is 13.6 Å². The Kier molecular flexibility index (Phi) is 3.15. The van der Waals surface area contributed by atoms with E-state index in [1.165, 1.54) is 36.4 Å². The molecule has 3 rings (SSSR count). The van der Waals surface area contributed by atoms with Gasteiger partial charge in [0, 0.05) is 5.39 Å². The minimum atomic E-state index is -0.550. The van der Waals surface area contributed by atoms with E-state index in [0.29, 0.717) is 16.6 Å². The van der Waals surface area contributed by atoms with Crippen molar-refractivity contribution < 1.29 is 13.6 Å². The molecule has 0 aliphatic rings. The third-order valence-corrected chi connectivity index (χ3v) is 3.27. The van der Waals surface area contributed by atoms with Gasteiger partial charge in [0.15, 0.2) is 0 Å². The van der Waals surface area contributed by atoms with E-state index in [-0.39, 0.29) is 11.1 Å². The standard InChI is InChI=1S/C15H11F2N3O/c16-9-6-4-8(5-7-9)13-12(15(21)20-18)10-2-1-3-11(17)14(10)19-13/h1-7,19H,18H2,(H,20,21). The van der Waals surface area contributed by atoms with Crippen molar-refractivity contribution >= 4 is 16.8 Å². The van der Waals surface area contributed by atoms with Crippen molar-refractivity contribution in [2.45, 2.75) is 0 Å². The van der Waals surface area contributed by atoms with Gasteiger partial charge >= 0.3 is 0 Å². The van der Waals surface area contributed by atoms with E-state index >= 15 is 0 Å². The maximum Gasteiger partial charge on any atom is 0.267 e. The predicted octanol–water partition coefficient (Wildman–Crippen LogP) is 2.72. The number of hydrogen-bond acceptors (Lipinski definition) is 2. The lowest BCUT2D eigenvalue weighted by Gasteiger charge is -2.03. The Morgan fingerprint density at radius 3 is 2.48 bits per heavy atom. The molecule has 0 spiro atoms. The van der Waals surface area contributed by atoms with Crippen LogP contribution in [0.25, 0.3) is 22.2 Å². The van der Waals surface area contributed by atoms with E-state index in [1.807, 2.05) is 5.43 Å². The molecule has 106 valence electrons. The first kappa shape index (κ1) is 13.3. The first-order valence-corrected chi connectivity index (χ1v) is 6.19. The number of H-pyrrole nitrogens is 1. The zero-order chi connectivity index (χ0) is 15.0. The van der Waals surface area contributed by atoms with Crippen molar-refractivity contribution in [3.63, 3.8) is 0 Å². The molecule has 21 heavy (non-hydrogen) atoms. The molecule has 4 nitrogen and oxygen atoms in total. The van der Waals surface area contributed by atoms with Gasteiger partial charge in [0.25, 0.3) is 5.91 Å². The van der Waals surface area contributed by atoms with Gasteiger partial charge in [-0.05, 0) is 35.9 Å². The topological polar surface area (TPSA) is 70.9 Å². The number of benzene rings is 2. The molecule has 3 aromatic rings. The van der Waals surface area contributed by atoms with Crippen molar-refractivity contribution in [3.8, 4) is 11.3 Å². The lowest BCUT2D eigenvalue weighted by atomic mass is 10.0. The van der Waals surface area contributed by atoms with Gasteiger partial charge in [0.1, 0.15) is 11.6 Å². The van der Waals surface area contributed by atoms with Crippen molar-refractivity contribution in [3.05, 3.63) is 59.7 Å². The second-order valence-corrected chi connectivity index (χ2v) is 4.52. The number of hydrazine groups is 1. The van der Waals surface area contributed by atoms with Crippen LogP contribution in [0, 0.1) is 11.6 Å². The van der Waals surface area contributed by atoms with Gasteiger partial charge in [-0.25, -0.2) is 14.6 Å². The van der Waals surface area contributed by atoms with E-state index in [1.54, 1.807) is 6.07 Å². The van der Waals surface area contributed by atoms with Gasteiger partial charge in [0.05, 0.1) is 16.8 Å². The molecule has 2 aromatic carbocycles. The van der Waals surface area contributed by atoms with Gasteiger partial charge in [0.2, 0.25) is 0 Å². The summed E-state index contributed by atoms with van der Waals surface area (Å²) in [5.74, 6) is 3.77. The monoisotopic (exact) mass is 287 g/mol. The van der Waals surface area contributed by atoms with Gasteiger partial charge in [-0.1, -0.05) is 12.1 Å². The van der Waals surface area contributed by atoms with E-state index in [4.69, 9.17) is 5.84 Å². The number of rotatable bonds is 2. The summed E-state index contributed by atoms with van der Waals surface area (Å²) in [6.07, 6.45) is 0. The molecule has 0 unspecified atom stereocenters. The van der Waals surface area contributed by atoms with Crippen LogP contribution in [0.15, 0.2) is 42.5 Å². The Balaban J connectivity index is 2.33. The minimum absolute atomic E-state index is 0.204. The summed E-state index contributed by atoms with van der Waals surface area (Å²) in [5.41, 5.74) is 3.42. The maximum absolute atomic E-state index is 13.9. The Morgan fingerprint density at radius 1 is 1.10 bits per heavy atom. The Labute approximate surface area is 118 Å². The number of halogens is 2. The van der Waals surface area contributed by atoms with Crippen molar-refractivity contribution in [1.82, 2.24) is 10.4 Å². The van der Waals surface area contributed by atoms with Crippen LogP contribution < -0.4 is 11.3 Å². The van der Waals surface area contributed by atoms with Gasteiger partial charge in [-0.15, -0.1) is 0 Å². The smallest absolute Gasteiger partial charge is 0.267 e. The van der Waals surface area contributed by atoms with Crippen molar-refractivity contribution in [2.75, 3.05) is 0 Å². The molecule has 0 aliphatic heterocycles. The van der Waals surface area contributed by atoms with Crippen LogP contribution in [0.2, 0.25) is 0 Å². The number of carbonyl (C=O) groups is 1. The van der Waals surface area contributed by atoms with Gasteiger partial charge < -0.3 is 4.98 Å². The highest BCUT2D eigenvalue weighted by molar-refractivity contribution is 6.12. The number of para-hydroxylation sites is 1. The second kappa shape index (κ2) is 4.99. The minimum Gasteiger partial charge on any atom is -0.351 e. The molecule has 1 aromatic heterocycles. The molecular weight excluding hydrogens is 276 g/mol. The number of amides is 1. The molecule has 0 atom stereocenters. The zero-order valence-electron chi connectivity index (χ0n) is 10.8. The average Bonchev–Trinajstić information content (AvgIpc) is 2.88. The number of nitrogens with one attached hydrogen (secondary N) is 2. The largest absolute Gasteiger partial charge is 0.351 e. The molecule has 0 bridgehead atoms. The lowest BCUT2D eigenvalue weighted by molar-refractivity contribution is 0.0956. The highest BCUT2D eigenvalue weighted by atomic mass is 19.1. The Hall–Kier alpha value is -2.73. The fraction of sp³-hybridized carbons (Fsp3) is 0. The number of hydrogen-bond donors (Lipinski definition) is 3. The van der Waals surface area contributed by atoms with Crippen LogP contribution in [-0.4, -0.2) is 10.9 Å². The van der Waals surface area contributed by atoms with Crippen LogP contribution in [-0.2, 0) is 0 Å². The SMILES string of the molecule is NNC(=O)c1c(-c2ccc(F)cc2)[nH]c2c(F)cccc12. The quantitative estimate of drug-likeness (QED) is 0.385. The first-order chi connectivity index (χ1) is 10.1. The molecule has 0 saturated carbocycles. The number of aromatic amines is 1. The fourth-order valence-corrected chi connectivity index (χ4v) is 2.32. The molecule has 1 heterocycles. The van der Waals surface area contributed by atoms with Crippen LogP contribution in [0.5, 0.6) is 0 Å². The molecule has 0 fully saturated rings. The molecule has 1 amide bonds. The summed E-state index contributed by atoms with van der Waals surface area (Å²) < 4.78 is 26.9. The van der Waals surface area contributed by atoms with Gasteiger partial charge in [-0.3, -0.25) is 10.2 Å². The fourth-order valence-electron chi connectivity index (χ4n) is 2.32. The molecule has 4 N–H and O–H groups in total. The third kappa shape index (κ3) is 2.15. The average molecular weight is 287 g/mol. The summed E-state index contributed by atoms with van der Waals surface area (Å²) in [7, 11) is 0. The number of nitrogen functional groups attached to an aromatic ring is 1. The Bertz CT molecular complexity index is 825. The van der Waals surface area contributed by atoms with Crippen molar-refractivity contribution in [2.24, 2.45) is 5.84 Å². The predicted molar refractivity (Wildman–Crippen MR) is 75.3 cm³/mol. The second-order valence-electron chi connectivity index (χ2n) is 4.52. The van der Waals surface area contributed by atoms with Crippen LogP contribution in [0.3, 0.4) is 0 Å². The highest BCUT2D eigenvalue weighted by Crippen LogP contribution is 2.31. The highest BCUT2D eigenvalue weighted by Gasteiger charge is 2.20. The van der Waals surface area contributed by atoms with E-state index in [0.717, 1.165) is 0 Å². The summed E-state index contributed by atoms with van der Waals surface area (Å²) in [6.45, 7) is 0. The number of aromatic nitrogens is 1. The third-order valence-electron chi connectivity index (χ3n) is 3.27. The summed E-state index contributed by atoms with van der Waals surface area (Å²) >= 11 is 0. The normalized spacial score (nSPS) is 10.8. The van der Waals surface area contributed by atoms with Gasteiger partial charge in [-0.2, -0.15) is 0 Å². The molecule has 0 aliphatic carbocycles. The maximum atomic E-state index is 13.9. The summed E-state index contributed by atoms with van der Waals surface area (Å²) in [6, 6.07) is 9.95. The van der Waals surface area contributed by atoms with Crippen LogP contribution in [0.4, 0.5) is 8.78 Å². The van der Waals surface area contributed by atoms with E-state index in [2.05, 4.69) is 4.98 Å². The molecule has 0 radical (unpaired) electrons. The number of nitrogens with two attached hydrogens (primary N) is 1. The number of carbonyl (C=O) groups excluding carboxylic acids is 1. The molecule has 6 heteroatoms. The summed E-state index contributed by atoms with van der Waals surface area (Å²) in [5, 5.41) is 0.414. The summed E-state index contributed by atoms with van der Waals surface area (Å²) in [4.78, 5) is 14.9. The molecular formula is C15H11F2N3O. The first-order valence-electron chi connectivity index (χ1n) is 6.19.